The number of nitrogens with zero attached hydrogens (tertiary/aromatic N) is 1. The van der Waals surface area contributed by atoms with Crippen molar-refractivity contribution in [3.63, 3.8) is 0 Å². The molecule has 1 aliphatic rings. The molecule has 1 aromatic heterocycles. The van der Waals surface area contributed by atoms with Crippen LogP contribution in [0.1, 0.15) is 94.4 Å². The van der Waals surface area contributed by atoms with Gasteiger partial charge in [0.2, 0.25) is 0 Å². The summed E-state index contributed by atoms with van der Waals surface area (Å²) in [6, 6.07) is 12.8. The maximum Gasteiger partial charge on any atom is 0.137 e. The summed E-state index contributed by atoms with van der Waals surface area (Å²) >= 11 is 0. The molecule has 0 bridgehead atoms. The van der Waals surface area contributed by atoms with E-state index in [1.165, 1.54) is 56.9 Å². The summed E-state index contributed by atoms with van der Waals surface area (Å²) in [7, 11) is 0. The van der Waals surface area contributed by atoms with Gasteiger partial charge in [0.1, 0.15) is 11.4 Å². The molecule has 154 valence electrons. The van der Waals surface area contributed by atoms with Crippen LogP contribution in [0.2, 0.25) is 0 Å². The molecule has 0 N–H and O–H groups in total. The normalized spacial score (nSPS) is 18.7. The number of aromatic nitrogens is 1. The average Bonchev–Trinajstić information content (AvgIpc) is 2.77. The molecular formula is C27H35NO. The summed E-state index contributed by atoms with van der Waals surface area (Å²) in [6.07, 6.45) is 13.5. The smallest absolute Gasteiger partial charge is 0.137 e. The molecule has 0 amide bonds. The maximum atomic E-state index is 5.71. The SMILES string of the molecule is CCCCCOc1ccc(C#Cc2ccc([C@H]3CC[C@H](CCC)CC3)cc2)nc1. The summed E-state index contributed by atoms with van der Waals surface area (Å²) in [5.41, 5.74) is 3.31. The lowest BCUT2D eigenvalue weighted by atomic mass is 9.77. The molecule has 29 heavy (non-hydrogen) atoms. The van der Waals surface area contributed by atoms with Gasteiger partial charge in [-0.3, -0.25) is 0 Å². The van der Waals surface area contributed by atoms with Crippen molar-refractivity contribution in [2.75, 3.05) is 6.61 Å². The zero-order valence-electron chi connectivity index (χ0n) is 18.1. The molecule has 2 heteroatoms. The molecule has 0 aliphatic heterocycles. The second kappa shape index (κ2) is 11.7. The number of ether oxygens (including phenoxy) is 1. The summed E-state index contributed by atoms with van der Waals surface area (Å²) < 4.78 is 5.71. The minimum atomic E-state index is 0.733. The van der Waals surface area contributed by atoms with E-state index >= 15 is 0 Å². The molecule has 2 nitrogen and oxygen atoms in total. The first-order chi connectivity index (χ1) is 14.3. The Kier molecular flexibility index (Phi) is 8.62. The van der Waals surface area contributed by atoms with Crippen LogP contribution >= 0.6 is 0 Å². The number of pyridine rings is 1. The van der Waals surface area contributed by atoms with Crippen molar-refractivity contribution in [3.8, 4) is 17.6 Å². The third-order valence-electron chi connectivity index (χ3n) is 6.01. The van der Waals surface area contributed by atoms with Gasteiger partial charge in [-0.25, -0.2) is 4.98 Å². The van der Waals surface area contributed by atoms with Gasteiger partial charge in [-0.15, -0.1) is 0 Å². The van der Waals surface area contributed by atoms with E-state index in [1.807, 2.05) is 12.1 Å². The Morgan fingerprint density at radius 2 is 1.69 bits per heavy atom. The molecule has 0 saturated heterocycles. The first kappa shape index (κ1) is 21.4. The Hall–Kier alpha value is -2.27. The minimum absolute atomic E-state index is 0.733. The lowest BCUT2D eigenvalue weighted by Gasteiger charge is -2.28. The molecule has 0 atom stereocenters. The topological polar surface area (TPSA) is 22.1 Å². The summed E-state index contributed by atoms with van der Waals surface area (Å²) in [4.78, 5) is 4.41. The molecule has 1 aliphatic carbocycles. The number of rotatable bonds is 8. The van der Waals surface area contributed by atoms with E-state index in [0.717, 1.165) is 41.9 Å². The van der Waals surface area contributed by atoms with Gasteiger partial charge >= 0.3 is 0 Å². The van der Waals surface area contributed by atoms with E-state index in [2.05, 4.69) is 54.9 Å². The second-order valence-corrected chi connectivity index (χ2v) is 8.31. The molecule has 2 aromatic rings. The van der Waals surface area contributed by atoms with Gasteiger partial charge in [0, 0.05) is 5.56 Å². The largest absolute Gasteiger partial charge is 0.492 e. The lowest BCUT2D eigenvalue weighted by Crippen LogP contribution is -2.13. The number of hydrogen-bond donors (Lipinski definition) is 0. The van der Waals surface area contributed by atoms with Crippen LogP contribution in [0.3, 0.4) is 0 Å². The van der Waals surface area contributed by atoms with Crippen LogP contribution in [0.5, 0.6) is 5.75 Å². The van der Waals surface area contributed by atoms with Crippen molar-refractivity contribution in [1.29, 1.82) is 0 Å². The predicted octanol–water partition coefficient (Wildman–Crippen LogP) is 7.12. The summed E-state index contributed by atoms with van der Waals surface area (Å²) in [5.74, 6) is 8.92. The maximum absolute atomic E-state index is 5.71. The highest BCUT2D eigenvalue weighted by Crippen LogP contribution is 2.37. The quantitative estimate of drug-likeness (QED) is 0.354. The molecule has 1 fully saturated rings. The number of benzene rings is 1. The highest BCUT2D eigenvalue weighted by molar-refractivity contribution is 5.42. The van der Waals surface area contributed by atoms with E-state index < -0.39 is 0 Å². The van der Waals surface area contributed by atoms with Gasteiger partial charge in [0.15, 0.2) is 0 Å². The molecule has 1 saturated carbocycles. The fourth-order valence-corrected chi connectivity index (χ4v) is 4.25. The van der Waals surface area contributed by atoms with Gasteiger partial charge in [-0.2, -0.15) is 0 Å². The van der Waals surface area contributed by atoms with Crippen LogP contribution in [-0.4, -0.2) is 11.6 Å². The van der Waals surface area contributed by atoms with Crippen LogP contribution in [0.25, 0.3) is 0 Å². The van der Waals surface area contributed by atoms with Crippen molar-refractivity contribution in [2.24, 2.45) is 5.92 Å². The predicted molar refractivity (Wildman–Crippen MR) is 121 cm³/mol. The Balaban J connectivity index is 1.51. The first-order valence-electron chi connectivity index (χ1n) is 11.5. The zero-order chi connectivity index (χ0) is 20.3. The van der Waals surface area contributed by atoms with Crippen LogP contribution in [0, 0.1) is 17.8 Å². The first-order valence-corrected chi connectivity index (χ1v) is 11.5. The molecule has 0 radical (unpaired) electrons. The van der Waals surface area contributed by atoms with E-state index in [0.29, 0.717) is 0 Å². The van der Waals surface area contributed by atoms with Gasteiger partial charge < -0.3 is 4.74 Å². The van der Waals surface area contributed by atoms with Gasteiger partial charge in [0.25, 0.3) is 0 Å². The van der Waals surface area contributed by atoms with Crippen molar-refractivity contribution in [2.45, 2.75) is 77.6 Å². The third kappa shape index (κ3) is 6.93. The van der Waals surface area contributed by atoms with Crippen LogP contribution in [-0.2, 0) is 0 Å². The van der Waals surface area contributed by atoms with Crippen LogP contribution < -0.4 is 4.74 Å². The fraction of sp³-hybridized carbons (Fsp3) is 0.519. The van der Waals surface area contributed by atoms with Crippen molar-refractivity contribution in [1.82, 2.24) is 4.98 Å². The molecule has 1 aromatic carbocycles. The van der Waals surface area contributed by atoms with E-state index in [1.54, 1.807) is 6.20 Å². The average molecular weight is 390 g/mol. The van der Waals surface area contributed by atoms with E-state index in [4.69, 9.17) is 4.74 Å². The molecule has 3 rings (SSSR count). The zero-order valence-corrected chi connectivity index (χ0v) is 18.1. The van der Waals surface area contributed by atoms with Crippen LogP contribution in [0.15, 0.2) is 42.6 Å². The van der Waals surface area contributed by atoms with Gasteiger partial charge in [-0.05, 0) is 79.7 Å². The minimum Gasteiger partial charge on any atom is -0.492 e. The second-order valence-electron chi connectivity index (χ2n) is 8.31. The van der Waals surface area contributed by atoms with Gasteiger partial charge in [0.05, 0.1) is 12.8 Å². The molecular weight excluding hydrogens is 354 g/mol. The number of hydrogen-bond acceptors (Lipinski definition) is 2. The molecule has 0 unspecified atom stereocenters. The standard InChI is InChI=1S/C27H35NO/c1-3-5-6-20-29-27-19-18-26(28-21-27)17-12-23-10-15-25(16-11-23)24-13-8-22(7-4-2)9-14-24/h10-11,15-16,18-19,21-22,24H,3-9,13-14,20H2,1-2H3/t22-,24-. The van der Waals surface area contributed by atoms with Crippen LogP contribution in [0.4, 0.5) is 0 Å². The fourth-order valence-electron chi connectivity index (χ4n) is 4.25. The monoisotopic (exact) mass is 389 g/mol. The van der Waals surface area contributed by atoms with Crippen molar-refractivity contribution < 1.29 is 4.74 Å². The molecule has 1 heterocycles. The Morgan fingerprint density at radius 1 is 0.897 bits per heavy atom. The Bertz CT molecular complexity index is 774. The Morgan fingerprint density at radius 3 is 2.34 bits per heavy atom. The summed E-state index contributed by atoms with van der Waals surface area (Å²) in [6.45, 7) is 5.26. The highest BCUT2D eigenvalue weighted by atomic mass is 16.5. The van der Waals surface area contributed by atoms with E-state index in [9.17, 15) is 0 Å². The highest BCUT2D eigenvalue weighted by Gasteiger charge is 2.21. The van der Waals surface area contributed by atoms with E-state index in [-0.39, 0.29) is 0 Å². The van der Waals surface area contributed by atoms with Crippen molar-refractivity contribution in [3.05, 3.63) is 59.4 Å². The van der Waals surface area contributed by atoms with Gasteiger partial charge in [-0.1, -0.05) is 57.6 Å². The molecule has 0 spiro atoms. The Labute approximate surface area is 177 Å². The summed E-state index contributed by atoms with van der Waals surface area (Å²) in [5, 5.41) is 0. The lowest BCUT2D eigenvalue weighted by molar-refractivity contribution is 0.305. The van der Waals surface area contributed by atoms with Crippen molar-refractivity contribution >= 4 is 0 Å². The number of unbranched alkanes of at least 4 members (excludes halogenated alkanes) is 2. The third-order valence-corrected chi connectivity index (χ3v) is 6.01.